The topological polar surface area (TPSA) is 104 Å². The number of hydrogen-bond acceptors (Lipinski definition) is 11. The number of hydrogen-bond donors (Lipinski definition) is 0. The molecule has 0 unspecified atom stereocenters. The van der Waals surface area contributed by atoms with E-state index < -0.39 is 23.5 Å². The Morgan fingerprint density at radius 3 is 2.52 bits per heavy atom. The summed E-state index contributed by atoms with van der Waals surface area (Å²) in [6, 6.07) is 4.15. The van der Waals surface area contributed by atoms with Crippen molar-refractivity contribution in [3.05, 3.63) is 40.3 Å². The van der Waals surface area contributed by atoms with Crippen LogP contribution in [-0.4, -0.2) is 94.5 Å². The zero-order valence-electron chi connectivity index (χ0n) is 30.1. The number of anilines is 1. The van der Waals surface area contributed by atoms with Crippen LogP contribution < -0.4 is 9.64 Å². The molecule has 4 aromatic rings. The summed E-state index contributed by atoms with van der Waals surface area (Å²) in [6.45, 7) is 15.4. The second kappa shape index (κ2) is 13.8. The molecule has 3 aliphatic heterocycles. The number of esters is 1. The molecule has 2 saturated heterocycles. The van der Waals surface area contributed by atoms with Crippen LogP contribution >= 0.6 is 11.5 Å². The minimum absolute atomic E-state index is 0.306. The van der Waals surface area contributed by atoms with Gasteiger partial charge in [0.2, 0.25) is 5.95 Å². The Bertz CT molecular complexity index is 1900. The molecule has 7 rings (SSSR count). The Morgan fingerprint density at radius 1 is 1.08 bits per heavy atom. The van der Waals surface area contributed by atoms with E-state index in [1.165, 1.54) is 24.7 Å². The van der Waals surface area contributed by atoms with Gasteiger partial charge >= 0.3 is 5.97 Å². The molecule has 0 N–H and O–H groups in total. The van der Waals surface area contributed by atoms with Crippen molar-refractivity contribution in [1.82, 2.24) is 23.8 Å². The molecule has 1 aromatic carbocycles. The van der Waals surface area contributed by atoms with E-state index in [-0.39, 0.29) is 0 Å². The van der Waals surface area contributed by atoms with Crippen LogP contribution in [-0.2, 0) is 32.5 Å². The van der Waals surface area contributed by atoms with Crippen LogP contribution in [0.3, 0.4) is 0 Å². The Morgan fingerprint density at radius 2 is 1.82 bits per heavy atom. The van der Waals surface area contributed by atoms with Gasteiger partial charge in [0, 0.05) is 80.3 Å². The van der Waals surface area contributed by atoms with Crippen molar-refractivity contribution >= 4 is 34.5 Å². The van der Waals surface area contributed by atoms with Gasteiger partial charge in [0.15, 0.2) is 22.7 Å². The highest BCUT2D eigenvalue weighted by Gasteiger charge is 2.36. The van der Waals surface area contributed by atoms with Gasteiger partial charge in [-0.05, 0) is 95.1 Å². The largest absolute Gasteiger partial charge is 0.490 e. The van der Waals surface area contributed by atoms with E-state index in [4.69, 9.17) is 33.3 Å². The molecule has 0 radical (unpaired) electrons. The molecule has 6 heterocycles. The number of carbonyl (C=O) groups is 1. The van der Waals surface area contributed by atoms with Gasteiger partial charge in [0.25, 0.3) is 0 Å². The fourth-order valence-electron chi connectivity index (χ4n) is 7.66. The summed E-state index contributed by atoms with van der Waals surface area (Å²) in [7, 11) is 3.31. The van der Waals surface area contributed by atoms with Gasteiger partial charge in [0.05, 0.1) is 25.0 Å². The summed E-state index contributed by atoms with van der Waals surface area (Å²) >= 11 is 1.35. The Balaban J connectivity index is 1.34. The van der Waals surface area contributed by atoms with Crippen molar-refractivity contribution in [3.8, 4) is 27.6 Å². The van der Waals surface area contributed by atoms with Crippen LogP contribution in [0.25, 0.3) is 32.9 Å². The van der Waals surface area contributed by atoms with Gasteiger partial charge in [-0.15, -0.1) is 0 Å². The Labute approximate surface area is 296 Å². The first-order valence-corrected chi connectivity index (χ1v) is 18.3. The van der Waals surface area contributed by atoms with Crippen LogP contribution in [0.15, 0.2) is 12.1 Å². The number of rotatable bonds is 7. The maximum Gasteiger partial charge on any atom is 0.339 e. The average Bonchev–Trinajstić information content (AvgIpc) is 3.73. The molecule has 0 bridgehead atoms. The number of benzene rings is 1. The molecule has 50 heavy (non-hydrogen) atoms. The second-order valence-corrected chi connectivity index (χ2v) is 15.3. The molecule has 2 fully saturated rings. The highest BCUT2D eigenvalue weighted by atomic mass is 32.1. The van der Waals surface area contributed by atoms with Crippen molar-refractivity contribution in [1.29, 1.82) is 0 Å². The van der Waals surface area contributed by atoms with Crippen LogP contribution in [0.4, 0.5) is 10.3 Å². The van der Waals surface area contributed by atoms with E-state index in [0.29, 0.717) is 52.9 Å². The van der Waals surface area contributed by atoms with Crippen molar-refractivity contribution in [2.24, 2.45) is 7.05 Å². The number of halogens is 1. The Hall–Kier alpha value is -3.65. The standard InChI is InChI=1S/C37H47FN6O5S/c1-21-24-9-8-16-48-31(24)27(38)19-25(21)30-26-20-28(42(6)33(26)39-22(2)29(30)32(35(45)46-7)49-37(3,4)5)34-40-36(41-50-34)44-14-12-43(13-15-44)23-10-17-47-18-11-23/h19-20,23,32H,8-18H2,1-7H3/t32-/m0/s1. The monoisotopic (exact) mass is 706 g/mol. The second-order valence-electron chi connectivity index (χ2n) is 14.5. The molecule has 11 nitrogen and oxygen atoms in total. The number of aromatic nitrogens is 4. The molecule has 13 heteroatoms. The van der Waals surface area contributed by atoms with Gasteiger partial charge < -0.3 is 28.4 Å². The first-order valence-electron chi connectivity index (χ1n) is 17.6. The number of pyridine rings is 1. The van der Waals surface area contributed by atoms with E-state index in [1.54, 1.807) is 0 Å². The molecular weight excluding hydrogens is 660 g/mol. The number of nitrogens with zero attached hydrogens (tertiary/aromatic N) is 6. The molecule has 268 valence electrons. The molecule has 3 aliphatic rings. The van der Waals surface area contributed by atoms with Crippen LogP contribution in [0.2, 0.25) is 0 Å². The molecular formula is C37H47FN6O5S. The third kappa shape index (κ3) is 6.49. The number of fused-ring (bicyclic) bond motifs is 2. The fraction of sp³-hybridized carbons (Fsp3) is 0.568. The maximum absolute atomic E-state index is 15.9. The first kappa shape index (κ1) is 34.8. The summed E-state index contributed by atoms with van der Waals surface area (Å²) in [5, 5.41) is 1.52. The molecule has 1 atom stereocenters. The number of aryl methyl sites for hydroxylation is 2. The van der Waals surface area contributed by atoms with Gasteiger partial charge in [-0.1, -0.05) is 0 Å². The minimum Gasteiger partial charge on any atom is -0.490 e. The summed E-state index contributed by atoms with van der Waals surface area (Å²) in [6.07, 6.45) is 2.57. The third-order valence-corrected chi connectivity index (χ3v) is 10.9. The predicted octanol–water partition coefficient (Wildman–Crippen LogP) is 6.17. The lowest BCUT2D eigenvalue weighted by Gasteiger charge is -2.40. The summed E-state index contributed by atoms with van der Waals surface area (Å²) in [5.74, 6) is 0.0536. The van der Waals surface area contributed by atoms with E-state index in [9.17, 15) is 4.79 Å². The highest BCUT2D eigenvalue weighted by molar-refractivity contribution is 7.09. The van der Waals surface area contributed by atoms with Crippen LogP contribution in [0.5, 0.6) is 5.75 Å². The number of carbonyl (C=O) groups excluding carboxylic acids is 1. The van der Waals surface area contributed by atoms with Crippen molar-refractivity contribution in [2.75, 3.05) is 58.0 Å². The zero-order chi connectivity index (χ0) is 35.3. The number of piperazine rings is 1. The molecule has 3 aromatic heterocycles. The average molecular weight is 707 g/mol. The lowest BCUT2D eigenvalue weighted by Crippen LogP contribution is -2.51. The van der Waals surface area contributed by atoms with E-state index in [2.05, 4.69) is 9.80 Å². The molecule has 0 aliphatic carbocycles. The van der Waals surface area contributed by atoms with Crippen molar-refractivity contribution < 1.29 is 28.1 Å². The van der Waals surface area contributed by atoms with Gasteiger partial charge in [-0.3, -0.25) is 4.90 Å². The Kier molecular flexibility index (Phi) is 9.61. The summed E-state index contributed by atoms with van der Waals surface area (Å²) < 4.78 is 45.8. The van der Waals surface area contributed by atoms with Gasteiger partial charge in [-0.25, -0.2) is 14.2 Å². The quantitative estimate of drug-likeness (QED) is 0.207. The molecule has 0 amide bonds. The third-order valence-electron chi connectivity index (χ3n) is 10.2. The van der Waals surface area contributed by atoms with Gasteiger partial charge in [-0.2, -0.15) is 9.36 Å². The summed E-state index contributed by atoms with van der Waals surface area (Å²) in [5.41, 5.74) is 5.07. The minimum atomic E-state index is -1.10. The lowest BCUT2D eigenvalue weighted by molar-refractivity contribution is -0.164. The fourth-order valence-corrected chi connectivity index (χ4v) is 8.40. The van der Waals surface area contributed by atoms with E-state index >= 15 is 4.39 Å². The SMILES string of the molecule is COC(=O)[C@@H](OC(C)(C)C)c1c(C)nc2c(cc(-c3nc(N4CCN(C5CCOCC5)CC4)ns3)n2C)c1-c1cc(F)c2c(c1C)CCCO2. The van der Waals surface area contributed by atoms with E-state index in [1.807, 2.05) is 52.3 Å². The zero-order valence-corrected chi connectivity index (χ0v) is 30.9. The van der Waals surface area contributed by atoms with Crippen molar-refractivity contribution in [3.63, 3.8) is 0 Å². The van der Waals surface area contributed by atoms with E-state index in [0.717, 1.165) is 91.8 Å². The highest BCUT2D eigenvalue weighted by Crippen LogP contribution is 2.46. The predicted molar refractivity (Wildman–Crippen MR) is 192 cm³/mol. The first-order chi connectivity index (χ1) is 23.9. The van der Waals surface area contributed by atoms with Crippen LogP contribution in [0, 0.1) is 19.7 Å². The van der Waals surface area contributed by atoms with Crippen LogP contribution in [0.1, 0.15) is 68.5 Å². The van der Waals surface area contributed by atoms with Crippen molar-refractivity contribution in [2.45, 2.75) is 78.0 Å². The summed E-state index contributed by atoms with van der Waals surface area (Å²) in [4.78, 5) is 28.4. The normalized spacial score (nSPS) is 18.3. The smallest absolute Gasteiger partial charge is 0.339 e. The lowest BCUT2D eigenvalue weighted by atomic mass is 9.86. The number of ether oxygens (including phenoxy) is 4. The molecule has 0 saturated carbocycles. The molecule has 0 spiro atoms. The van der Waals surface area contributed by atoms with Gasteiger partial charge in [0.1, 0.15) is 5.65 Å². The number of methoxy groups -OCH3 is 1. The maximum atomic E-state index is 15.9.